The first-order chi connectivity index (χ1) is 21.3. The van der Waals surface area contributed by atoms with Gasteiger partial charge in [0.2, 0.25) is 0 Å². The van der Waals surface area contributed by atoms with Crippen molar-refractivity contribution in [3.63, 3.8) is 0 Å². The summed E-state index contributed by atoms with van der Waals surface area (Å²) in [5, 5.41) is 5.84. The second-order valence-corrected chi connectivity index (χ2v) is 10.8. The first kappa shape index (κ1) is 25.0. The number of hydrogen-bond acceptors (Lipinski definition) is 4. The van der Waals surface area contributed by atoms with Crippen LogP contribution in [0.2, 0.25) is 0 Å². The lowest BCUT2D eigenvalue weighted by Crippen LogP contribution is -2.00. The average Bonchev–Trinajstić information content (AvgIpc) is 3.08. The molecule has 0 fully saturated rings. The van der Waals surface area contributed by atoms with E-state index in [0.717, 1.165) is 44.8 Å². The summed E-state index contributed by atoms with van der Waals surface area (Å²) in [4.78, 5) is 19.6. The van der Waals surface area contributed by atoms with Gasteiger partial charge in [-0.15, -0.1) is 0 Å². The number of para-hydroxylation sites is 1. The molecule has 6 aromatic carbocycles. The molecule has 0 spiro atoms. The minimum atomic E-state index is 0.652. The summed E-state index contributed by atoms with van der Waals surface area (Å²) in [6.45, 7) is 0. The largest absolute Gasteiger partial charge is 0.256 e. The van der Waals surface area contributed by atoms with E-state index in [1.165, 1.54) is 21.9 Å². The van der Waals surface area contributed by atoms with Gasteiger partial charge in [0, 0.05) is 28.3 Å². The lowest BCUT2D eigenvalue weighted by atomic mass is 10.0. The molecule has 2 aromatic heterocycles. The molecule has 0 N–H and O–H groups in total. The van der Waals surface area contributed by atoms with Crippen LogP contribution < -0.4 is 0 Å². The summed E-state index contributed by atoms with van der Waals surface area (Å²) in [5.74, 6) is 1.97. The molecular weight excluding hydrogens is 524 g/mol. The molecule has 4 heteroatoms. The highest BCUT2D eigenvalue weighted by molar-refractivity contribution is 5.88. The third-order valence-corrected chi connectivity index (χ3v) is 7.97. The summed E-state index contributed by atoms with van der Waals surface area (Å²) in [7, 11) is 0. The molecule has 0 bridgehead atoms. The van der Waals surface area contributed by atoms with Crippen LogP contribution in [0.1, 0.15) is 11.1 Å². The average molecular weight is 551 g/mol. The standard InChI is InChI=1S/C39H26N4/c1-3-9-31-24-34(20-18-27(31)7-1)38-41-37(42-39(43-38)35-21-19-28-8-2-4-10-32(28)25-35)30-16-14-26(15-17-30)23-33-12-5-11-29-13-6-22-40-36(29)33/h1-22,24-25H,23H2. The fourth-order valence-electron chi connectivity index (χ4n) is 5.72. The molecule has 4 nitrogen and oxygen atoms in total. The summed E-state index contributed by atoms with van der Waals surface area (Å²) >= 11 is 0. The Labute approximate surface area is 249 Å². The van der Waals surface area contributed by atoms with Crippen LogP contribution in [0, 0.1) is 0 Å². The number of rotatable bonds is 5. The maximum Gasteiger partial charge on any atom is 0.164 e. The predicted octanol–water partition coefficient (Wildman–Crippen LogP) is 9.32. The van der Waals surface area contributed by atoms with Gasteiger partial charge in [-0.25, -0.2) is 15.0 Å². The summed E-state index contributed by atoms with van der Waals surface area (Å²) in [5.41, 5.74) is 6.34. The predicted molar refractivity (Wildman–Crippen MR) is 176 cm³/mol. The van der Waals surface area contributed by atoms with E-state index in [-0.39, 0.29) is 0 Å². The first-order valence-electron chi connectivity index (χ1n) is 14.4. The fourth-order valence-corrected chi connectivity index (χ4v) is 5.72. The van der Waals surface area contributed by atoms with Gasteiger partial charge in [0.15, 0.2) is 17.5 Å². The Balaban J connectivity index is 1.21. The van der Waals surface area contributed by atoms with E-state index in [9.17, 15) is 0 Å². The monoisotopic (exact) mass is 550 g/mol. The van der Waals surface area contributed by atoms with Crippen molar-refractivity contribution in [2.75, 3.05) is 0 Å². The van der Waals surface area contributed by atoms with Crippen molar-refractivity contribution in [3.8, 4) is 34.2 Å². The van der Waals surface area contributed by atoms with Crippen molar-refractivity contribution in [2.24, 2.45) is 0 Å². The normalized spacial score (nSPS) is 11.3. The lowest BCUT2D eigenvalue weighted by Gasteiger charge is -2.10. The highest BCUT2D eigenvalue weighted by atomic mass is 15.0. The quantitative estimate of drug-likeness (QED) is 0.214. The maximum atomic E-state index is 4.99. The van der Waals surface area contributed by atoms with Gasteiger partial charge in [0.1, 0.15) is 0 Å². The summed E-state index contributed by atoms with van der Waals surface area (Å²) < 4.78 is 0. The molecule has 0 saturated heterocycles. The zero-order valence-electron chi connectivity index (χ0n) is 23.4. The van der Waals surface area contributed by atoms with E-state index >= 15 is 0 Å². The maximum absolute atomic E-state index is 4.99. The second-order valence-electron chi connectivity index (χ2n) is 10.8. The van der Waals surface area contributed by atoms with E-state index in [4.69, 9.17) is 15.0 Å². The Bertz CT molecular complexity index is 2170. The summed E-state index contributed by atoms with van der Waals surface area (Å²) in [6.07, 6.45) is 2.66. The van der Waals surface area contributed by atoms with Crippen LogP contribution >= 0.6 is 0 Å². The van der Waals surface area contributed by atoms with Gasteiger partial charge in [-0.3, -0.25) is 4.98 Å². The third-order valence-electron chi connectivity index (χ3n) is 7.97. The van der Waals surface area contributed by atoms with Crippen LogP contribution in [0.3, 0.4) is 0 Å². The minimum absolute atomic E-state index is 0.652. The highest BCUT2D eigenvalue weighted by Crippen LogP contribution is 2.29. The first-order valence-corrected chi connectivity index (χ1v) is 14.4. The Morgan fingerprint density at radius 1 is 0.395 bits per heavy atom. The van der Waals surface area contributed by atoms with Crippen molar-refractivity contribution in [1.29, 1.82) is 0 Å². The number of hydrogen-bond donors (Lipinski definition) is 0. The zero-order chi connectivity index (χ0) is 28.6. The van der Waals surface area contributed by atoms with E-state index in [1.807, 2.05) is 12.3 Å². The van der Waals surface area contributed by atoms with Crippen molar-refractivity contribution in [2.45, 2.75) is 6.42 Å². The molecule has 0 amide bonds. The lowest BCUT2D eigenvalue weighted by molar-refractivity contribution is 1.07. The Morgan fingerprint density at radius 3 is 1.53 bits per heavy atom. The topological polar surface area (TPSA) is 51.6 Å². The minimum Gasteiger partial charge on any atom is -0.256 e. The van der Waals surface area contributed by atoms with Gasteiger partial charge in [-0.05, 0) is 57.3 Å². The molecule has 8 aromatic rings. The Hall–Kier alpha value is -5.74. The molecular formula is C39H26N4. The van der Waals surface area contributed by atoms with E-state index in [0.29, 0.717) is 17.5 Å². The van der Waals surface area contributed by atoms with Gasteiger partial charge in [0.05, 0.1) is 5.52 Å². The molecule has 0 radical (unpaired) electrons. The number of nitrogens with zero attached hydrogens (tertiary/aromatic N) is 4. The van der Waals surface area contributed by atoms with Crippen LogP contribution in [0.4, 0.5) is 0 Å². The second kappa shape index (κ2) is 10.6. The molecule has 0 aliphatic heterocycles. The molecule has 0 unspecified atom stereocenters. The number of fused-ring (bicyclic) bond motifs is 3. The SMILES string of the molecule is c1ccc2cc(-c3nc(-c4ccc(Cc5cccc6cccnc56)cc4)nc(-c4ccc5ccccc5c4)n3)ccc2c1. The van der Waals surface area contributed by atoms with Crippen molar-refractivity contribution in [1.82, 2.24) is 19.9 Å². The molecule has 0 atom stereocenters. The van der Waals surface area contributed by atoms with Gasteiger partial charge in [0.25, 0.3) is 0 Å². The number of pyridine rings is 1. The molecule has 0 aliphatic carbocycles. The highest BCUT2D eigenvalue weighted by Gasteiger charge is 2.14. The van der Waals surface area contributed by atoms with Crippen molar-refractivity contribution >= 4 is 32.4 Å². The van der Waals surface area contributed by atoms with Crippen molar-refractivity contribution < 1.29 is 0 Å². The van der Waals surface area contributed by atoms with Gasteiger partial charge in [-0.2, -0.15) is 0 Å². The smallest absolute Gasteiger partial charge is 0.164 e. The zero-order valence-corrected chi connectivity index (χ0v) is 23.4. The van der Waals surface area contributed by atoms with Crippen LogP contribution in [0.5, 0.6) is 0 Å². The fraction of sp³-hybridized carbons (Fsp3) is 0.0256. The Kier molecular flexibility index (Phi) is 6.16. The van der Waals surface area contributed by atoms with Gasteiger partial charge in [-0.1, -0.05) is 121 Å². The molecule has 0 aliphatic rings. The molecule has 2 heterocycles. The molecule has 202 valence electrons. The van der Waals surface area contributed by atoms with E-state index in [2.05, 4.69) is 138 Å². The van der Waals surface area contributed by atoms with Crippen molar-refractivity contribution in [3.05, 3.63) is 157 Å². The van der Waals surface area contributed by atoms with E-state index in [1.54, 1.807) is 0 Å². The van der Waals surface area contributed by atoms with Crippen LogP contribution in [0.25, 0.3) is 66.6 Å². The number of benzene rings is 6. The number of aromatic nitrogens is 4. The third kappa shape index (κ3) is 4.89. The van der Waals surface area contributed by atoms with Crippen LogP contribution in [-0.2, 0) is 6.42 Å². The molecule has 8 rings (SSSR count). The van der Waals surface area contributed by atoms with Crippen LogP contribution in [0.15, 0.2) is 146 Å². The van der Waals surface area contributed by atoms with E-state index < -0.39 is 0 Å². The van der Waals surface area contributed by atoms with Crippen LogP contribution in [-0.4, -0.2) is 19.9 Å². The van der Waals surface area contributed by atoms with Gasteiger partial charge >= 0.3 is 0 Å². The Morgan fingerprint density at radius 2 is 0.907 bits per heavy atom. The molecule has 0 saturated carbocycles. The molecule has 43 heavy (non-hydrogen) atoms. The van der Waals surface area contributed by atoms with Gasteiger partial charge < -0.3 is 0 Å². The summed E-state index contributed by atoms with van der Waals surface area (Å²) in [6, 6.07) is 48.4.